The number of anilines is 1. The molecule has 3 aromatic rings. The minimum atomic E-state index is -0.0608. The molecule has 1 aromatic carbocycles. The Bertz CT molecular complexity index is 1110. The van der Waals surface area contributed by atoms with Crippen LogP contribution in [0.25, 0.3) is 5.69 Å². The van der Waals surface area contributed by atoms with Gasteiger partial charge in [-0.2, -0.15) is 5.10 Å². The Morgan fingerprint density at radius 2 is 1.90 bits per heavy atom. The van der Waals surface area contributed by atoms with E-state index in [1.54, 1.807) is 24.1 Å². The highest BCUT2D eigenvalue weighted by atomic mass is 32.1. The molecule has 7 heteroatoms. The zero-order chi connectivity index (χ0) is 21.4. The third-order valence-electron chi connectivity index (χ3n) is 5.54. The van der Waals surface area contributed by atoms with Crippen molar-refractivity contribution < 1.29 is 9.59 Å². The predicted octanol–water partition coefficient (Wildman–Crippen LogP) is 4.48. The summed E-state index contributed by atoms with van der Waals surface area (Å²) in [6.45, 7) is 6.56. The van der Waals surface area contributed by atoms with Crippen LogP contribution in [-0.4, -0.2) is 33.5 Å². The highest BCUT2D eigenvalue weighted by molar-refractivity contribution is 7.18. The predicted molar refractivity (Wildman–Crippen MR) is 119 cm³/mol. The molecule has 1 aliphatic rings. The normalized spacial score (nSPS) is 13.3. The van der Waals surface area contributed by atoms with E-state index in [9.17, 15) is 9.59 Å². The van der Waals surface area contributed by atoms with Crippen molar-refractivity contribution in [1.29, 1.82) is 0 Å². The van der Waals surface area contributed by atoms with E-state index in [2.05, 4.69) is 24.4 Å². The maximum atomic E-state index is 12.9. The van der Waals surface area contributed by atoms with E-state index in [1.165, 1.54) is 11.3 Å². The first kappa shape index (κ1) is 20.3. The van der Waals surface area contributed by atoms with Gasteiger partial charge in [-0.15, -0.1) is 11.3 Å². The second-order valence-corrected chi connectivity index (χ2v) is 9.02. The summed E-state index contributed by atoms with van der Waals surface area (Å²) in [5, 5.41) is 8.35. The molecule has 1 fully saturated rings. The highest BCUT2D eigenvalue weighted by Crippen LogP contribution is 2.32. The lowest BCUT2D eigenvalue weighted by molar-refractivity contribution is -0.117. The van der Waals surface area contributed by atoms with E-state index in [-0.39, 0.29) is 17.7 Å². The first-order valence-electron chi connectivity index (χ1n) is 10.1. The summed E-state index contributed by atoms with van der Waals surface area (Å²) in [4.78, 5) is 27.2. The number of hydrogen-bond donors (Lipinski definition) is 1. The minimum Gasteiger partial charge on any atom is -0.337 e. The van der Waals surface area contributed by atoms with Crippen LogP contribution in [0.15, 0.2) is 36.4 Å². The Morgan fingerprint density at radius 3 is 2.60 bits per heavy atom. The van der Waals surface area contributed by atoms with Crippen LogP contribution in [0.3, 0.4) is 0 Å². The summed E-state index contributed by atoms with van der Waals surface area (Å²) < 4.78 is 1.95. The van der Waals surface area contributed by atoms with Gasteiger partial charge in [0.2, 0.25) is 5.91 Å². The van der Waals surface area contributed by atoms with Crippen molar-refractivity contribution in [2.45, 2.75) is 40.2 Å². The molecule has 0 aliphatic heterocycles. The third kappa shape index (κ3) is 4.03. The second kappa shape index (κ2) is 8.07. The van der Waals surface area contributed by atoms with Gasteiger partial charge in [0.25, 0.3) is 5.91 Å². The average molecular weight is 423 g/mol. The fourth-order valence-corrected chi connectivity index (χ4v) is 4.43. The lowest BCUT2D eigenvalue weighted by Crippen LogP contribution is -2.26. The number of rotatable bonds is 6. The van der Waals surface area contributed by atoms with Crippen LogP contribution < -0.4 is 5.32 Å². The maximum absolute atomic E-state index is 12.9. The van der Waals surface area contributed by atoms with Gasteiger partial charge in [-0.05, 0) is 57.4 Å². The number of para-hydroxylation sites is 1. The molecule has 1 N–H and O–H groups in total. The van der Waals surface area contributed by atoms with Crippen molar-refractivity contribution in [1.82, 2.24) is 14.7 Å². The molecule has 4 rings (SSSR count). The quantitative estimate of drug-likeness (QED) is 0.637. The smallest absolute Gasteiger partial charge is 0.264 e. The third-order valence-corrected chi connectivity index (χ3v) is 6.53. The van der Waals surface area contributed by atoms with Gasteiger partial charge in [0, 0.05) is 30.8 Å². The van der Waals surface area contributed by atoms with E-state index < -0.39 is 0 Å². The number of thiophene rings is 1. The maximum Gasteiger partial charge on any atom is 0.264 e. The number of nitrogens with zero attached hydrogens (tertiary/aromatic N) is 3. The molecule has 156 valence electrons. The van der Waals surface area contributed by atoms with Crippen LogP contribution in [0.2, 0.25) is 0 Å². The van der Waals surface area contributed by atoms with Gasteiger partial charge in [0.15, 0.2) is 0 Å². The number of aromatic nitrogens is 2. The zero-order valence-corrected chi connectivity index (χ0v) is 18.5. The molecule has 0 radical (unpaired) electrons. The summed E-state index contributed by atoms with van der Waals surface area (Å²) >= 11 is 1.32. The van der Waals surface area contributed by atoms with Crippen LogP contribution in [0, 0.1) is 26.7 Å². The molecule has 2 aromatic heterocycles. The monoisotopic (exact) mass is 422 g/mol. The van der Waals surface area contributed by atoms with Crippen molar-refractivity contribution >= 4 is 28.2 Å². The van der Waals surface area contributed by atoms with Crippen molar-refractivity contribution in [3.63, 3.8) is 0 Å². The van der Waals surface area contributed by atoms with Gasteiger partial charge in [-0.1, -0.05) is 18.2 Å². The minimum absolute atomic E-state index is 0.0547. The molecule has 0 atom stereocenters. The first-order chi connectivity index (χ1) is 14.3. The topological polar surface area (TPSA) is 67.2 Å². The number of aryl methyl sites for hydroxylation is 2. The molecule has 0 bridgehead atoms. The lowest BCUT2D eigenvalue weighted by Gasteiger charge is -2.17. The molecule has 1 aliphatic carbocycles. The van der Waals surface area contributed by atoms with Crippen LogP contribution in [0.5, 0.6) is 0 Å². The number of benzene rings is 1. The standard InChI is InChI=1S/C23H26N4O2S/c1-14-7-5-6-8-19(14)27-16(3)18(15(2)25-27)13-26(4)23(29)20-11-12-21(30-20)24-22(28)17-9-10-17/h5-8,11-12,17H,9-10,13H2,1-4H3,(H,24,28). The van der Waals surface area contributed by atoms with Gasteiger partial charge >= 0.3 is 0 Å². The number of carbonyl (C=O) groups is 2. The fraction of sp³-hybridized carbons (Fsp3) is 0.348. The Hall–Kier alpha value is -2.93. The largest absolute Gasteiger partial charge is 0.337 e. The van der Waals surface area contributed by atoms with Gasteiger partial charge in [0.05, 0.1) is 21.3 Å². The van der Waals surface area contributed by atoms with E-state index >= 15 is 0 Å². The molecule has 1 saturated carbocycles. The number of nitrogens with one attached hydrogen (secondary N) is 1. The molecule has 0 spiro atoms. The van der Waals surface area contributed by atoms with E-state index in [0.717, 1.165) is 46.0 Å². The summed E-state index contributed by atoms with van der Waals surface area (Å²) in [5.74, 6) is 0.137. The highest BCUT2D eigenvalue weighted by Gasteiger charge is 2.30. The SMILES string of the molecule is Cc1ccccc1-n1nc(C)c(CN(C)C(=O)c2ccc(NC(=O)C3CC3)s2)c1C. The fourth-order valence-electron chi connectivity index (χ4n) is 3.53. The van der Waals surface area contributed by atoms with E-state index in [1.807, 2.05) is 30.7 Å². The Balaban J connectivity index is 1.49. The molecule has 2 amide bonds. The van der Waals surface area contributed by atoms with Crippen LogP contribution in [0.4, 0.5) is 5.00 Å². The van der Waals surface area contributed by atoms with E-state index in [0.29, 0.717) is 11.4 Å². The molecular weight excluding hydrogens is 396 g/mol. The summed E-state index contributed by atoms with van der Waals surface area (Å²) in [6, 6.07) is 11.7. The molecule has 0 unspecified atom stereocenters. The zero-order valence-electron chi connectivity index (χ0n) is 17.7. The molecule has 30 heavy (non-hydrogen) atoms. The van der Waals surface area contributed by atoms with Crippen LogP contribution in [-0.2, 0) is 11.3 Å². The Morgan fingerprint density at radius 1 is 1.17 bits per heavy atom. The molecule has 0 saturated heterocycles. The number of carbonyl (C=O) groups excluding carboxylic acids is 2. The van der Waals surface area contributed by atoms with Crippen LogP contribution in [0.1, 0.15) is 45.0 Å². The van der Waals surface area contributed by atoms with Gasteiger partial charge in [0.1, 0.15) is 0 Å². The van der Waals surface area contributed by atoms with E-state index in [4.69, 9.17) is 5.10 Å². The van der Waals surface area contributed by atoms with Crippen molar-refractivity contribution in [3.05, 3.63) is 63.8 Å². The second-order valence-electron chi connectivity index (χ2n) is 7.94. The number of amides is 2. The summed E-state index contributed by atoms with van der Waals surface area (Å²) in [6.07, 6.45) is 1.92. The van der Waals surface area contributed by atoms with Crippen LogP contribution >= 0.6 is 11.3 Å². The van der Waals surface area contributed by atoms with Gasteiger partial charge in [-0.25, -0.2) is 4.68 Å². The Kier molecular flexibility index (Phi) is 5.47. The first-order valence-corrected chi connectivity index (χ1v) is 10.9. The lowest BCUT2D eigenvalue weighted by atomic mass is 10.1. The molecule has 2 heterocycles. The summed E-state index contributed by atoms with van der Waals surface area (Å²) in [7, 11) is 1.80. The van der Waals surface area contributed by atoms with Gasteiger partial charge in [-0.3, -0.25) is 9.59 Å². The molecular formula is C23H26N4O2S. The van der Waals surface area contributed by atoms with Crippen molar-refractivity contribution in [3.8, 4) is 5.69 Å². The summed E-state index contributed by atoms with van der Waals surface area (Å²) in [5.41, 5.74) is 5.20. The van der Waals surface area contributed by atoms with Crippen molar-refractivity contribution in [2.75, 3.05) is 12.4 Å². The van der Waals surface area contributed by atoms with Crippen molar-refractivity contribution in [2.24, 2.45) is 5.92 Å². The average Bonchev–Trinajstić information content (AvgIpc) is 3.42. The number of hydrogen-bond acceptors (Lipinski definition) is 4. The molecule has 6 nitrogen and oxygen atoms in total. The van der Waals surface area contributed by atoms with Gasteiger partial charge < -0.3 is 10.2 Å². The Labute approximate surface area is 180 Å².